The molecule has 0 aliphatic carbocycles. The van der Waals surface area contributed by atoms with Crippen molar-refractivity contribution in [3.05, 3.63) is 76.8 Å². The Morgan fingerprint density at radius 3 is 2.41 bits per heavy atom. The van der Waals surface area contributed by atoms with E-state index in [9.17, 15) is 33.9 Å². The average molecular weight is 720 g/mol. The number of halogens is 1. The lowest BCUT2D eigenvalue weighted by molar-refractivity contribution is -0.160. The number of aliphatic hydroxyl groups is 2. The third-order valence-electron chi connectivity index (χ3n) is 8.39. The van der Waals surface area contributed by atoms with Gasteiger partial charge in [0.2, 0.25) is 17.7 Å². The predicted octanol–water partition coefficient (Wildman–Crippen LogP) is 2.37. The smallest absolute Gasteiger partial charge is 0.329 e. The van der Waals surface area contributed by atoms with Gasteiger partial charge in [-0.05, 0) is 43.2 Å². The summed E-state index contributed by atoms with van der Waals surface area (Å²) < 4.78 is 23.0. The van der Waals surface area contributed by atoms with Crippen LogP contribution in [0.2, 0.25) is 5.02 Å². The number of hydrogen-bond donors (Lipinski definition) is 5. The first-order valence-electron chi connectivity index (χ1n) is 15.9. The van der Waals surface area contributed by atoms with Gasteiger partial charge in [-0.25, -0.2) is 4.79 Å². The molecule has 268 valence electrons. The van der Waals surface area contributed by atoms with Crippen LogP contribution in [-0.2, 0) is 41.5 Å². The van der Waals surface area contributed by atoms with Crippen molar-refractivity contribution in [3.8, 4) is 5.75 Å². The van der Waals surface area contributed by atoms with Gasteiger partial charge in [0.15, 0.2) is 0 Å². The molecule has 5 N–H and O–H groups in total. The van der Waals surface area contributed by atoms with Crippen molar-refractivity contribution in [1.29, 1.82) is 0 Å². The lowest BCUT2D eigenvalue weighted by atomic mass is 9.89. The molecule has 2 aromatic rings. The number of esters is 1. The lowest BCUT2D eigenvalue weighted by Crippen LogP contribution is -2.54. The second-order valence-corrected chi connectivity index (χ2v) is 14.7. The fraction of sp³-hybridized carbons (Fsp3) is 0.486. The van der Waals surface area contributed by atoms with E-state index in [4.69, 9.17) is 21.1 Å². The number of amides is 3. The van der Waals surface area contributed by atoms with Crippen molar-refractivity contribution in [1.82, 2.24) is 16.0 Å². The number of cyclic esters (lactones) is 1. The van der Waals surface area contributed by atoms with Crippen LogP contribution >= 0.6 is 11.6 Å². The zero-order valence-corrected chi connectivity index (χ0v) is 29.9. The summed E-state index contributed by atoms with van der Waals surface area (Å²) in [6.07, 6.45) is 0.363. The van der Waals surface area contributed by atoms with Crippen LogP contribution in [-0.4, -0.2) is 88.4 Å². The zero-order valence-electron chi connectivity index (χ0n) is 28.3. The highest BCUT2D eigenvalue weighted by molar-refractivity contribution is 7.90. The second kappa shape index (κ2) is 18.4. The van der Waals surface area contributed by atoms with Crippen LogP contribution in [0.1, 0.15) is 50.8 Å². The van der Waals surface area contributed by atoms with Crippen molar-refractivity contribution in [2.75, 3.05) is 25.7 Å². The van der Waals surface area contributed by atoms with E-state index in [0.29, 0.717) is 21.9 Å². The van der Waals surface area contributed by atoms with Crippen LogP contribution in [0.4, 0.5) is 0 Å². The maximum Gasteiger partial charge on any atom is 0.329 e. The largest absolute Gasteiger partial charge is 0.617 e. The molecule has 0 fully saturated rings. The molecular weight excluding hydrogens is 674 g/mol. The maximum atomic E-state index is 13.6. The number of methoxy groups -OCH3 is 1. The van der Waals surface area contributed by atoms with Gasteiger partial charge in [0.25, 0.3) is 0 Å². The first-order valence-corrected chi connectivity index (χ1v) is 18.0. The topological polar surface area (TPSA) is 186 Å². The SMILES string of the molecule is COc1ccc(C[C@H]2NC(=O)/C=C/C[C@@H]([C@H](C)[C@@H](O)[C@H](O)c3ccccc3)OC(=O)[C@H](CC[S+](C)[O-])NC(=O)C(C)(C)CNC2=O)cc1Cl. The Morgan fingerprint density at radius 1 is 1.08 bits per heavy atom. The quantitative estimate of drug-likeness (QED) is 0.182. The predicted molar refractivity (Wildman–Crippen MR) is 186 cm³/mol. The zero-order chi connectivity index (χ0) is 36.3. The maximum absolute atomic E-state index is 13.6. The van der Waals surface area contributed by atoms with Crippen molar-refractivity contribution in [2.45, 2.75) is 70.4 Å². The van der Waals surface area contributed by atoms with E-state index < -0.39 is 76.6 Å². The lowest BCUT2D eigenvalue weighted by Gasteiger charge is -2.32. The summed E-state index contributed by atoms with van der Waals surface area (Å²) in [5, 5.41) is 30.5. The third-order valence-corrected chi connectivity index (χ3v) is 9.49. The fourth-order valence-corrected chi connectivity index (χ4v) is 6.01. The second-order valence-electron chi connectivity index (χ2n) is 12.7. The van der Waals surface area contributed by atoms with Gasteiger partial charge in [-0.2, -0.15) is 0 Å². The summed E-state index contributed by atoms with van der Waals surface area (Å²) in [4.78, 5) is 53.7. The van der Waals surface area contributed by atoms with Gasteiger partial charge in [-0.3, -0.25) is 14.4 Å². The van der Waals surface area contributed by atoms with E-state index in [-0.39, 0.29) is 31.6 Å². The molecule has 1 heterocycles. The molecule has 1 aliphatic rings. The summed E-state index contributed by atoms with van der Waals surface area (Å²) in [6, 6.07) is 11.2. The molecule has 12 nitrogen and oxygen atoms in total. The van der Waals surface area contributed by atoms with Gasteiger partial charge in [-0.15, -0.1) is 0 Å². The summed E-state index contributed by atoms with van der Waals surface area (Å²) in [5.41, 5.74) is -0.127. The molecule has 0 aromatic heterocycles. The summed E-state index contributed by atoms with van der Waals surface area (Å²) >= 11 is 5.00. The van der Waals surface area contributed by atoms with Crippen LogP contribution in [0.5, 0.6) is 5.75 Å². The summed E-state index contributed by atoms with van der Waals surface area (Å²) in [5.74, 6) is -2.89. The van der Waals surface area contributed by atoms with Gasteiger partial charge in [0, 0.05) is 31.7 Å². The standard InChI is InChI=1S/C35H46ClN3O9S/c1-21(30(41)31(42)23-10-7-6-8-11-23)27-12-9-13-29(40)38-26(19-22-14-15-28(47-4)24(36)18-22)32(43)37-20-35(2,3)34(45)39-25(33(44)48-27)16-17-49(5)46/h6-11,13-15,18,21,25-27,30-31,41-42H,12,16-17,19-20H2,1-5H3,(H,37,43)(H,38,40)(H,39,45)/b13-9+/t21-,25-,26+,27-,30+,31+,49?/m0/s1. The normalized spacial score (nSPS) is 23.9. The fourth-order valence-electron chi connectivity index (χ4n) is 5.17. The van der Waals surface area contributed by atoms with Gasteiger partial charge in [0.05, 0.1) is 29.9 Å². The minimum absolute atomic E-state index is 0.00282. The molecule has 3 rings (SSSR count). The number of rotatable bonds is 10. The highest BCUT2D eigenvalue weighted by Crippen LogP contribution is 2.28. The number of carbonyl (C=O) groups is 4. The van der Waals surface area contributed by atoms with Crippen molar-refractivity contribution in [2.24, 2.45) is 11.3 Å². The summed E-state index contributed by atoms with van der Waals surface area (Å²) in [7, 11) is 1.48. The first-order chi connectivity index (χ1) is 23.1. The number of ether oxygens (including phenoxy) is 2. The van der Waals surface area contributed by atoms with E-state index in [2.05, 4.69) is 16.0 Å². The van der Waals surface area contributed by atoms with E-state index in [0.717, 1.165) is 0 Å². The molecule has 0 bridgehead atoms. The minimum atomic E-state index is -1.38. The van der Waals surface area contributed by atoms with Crippen LogP contribution in [0.3, 0.4) is 0 Å². The Balaban J connectivity index is 1.96. The Kier molecular flexibility index (Phi) is 14.9. The highest BCUT2D eigenvalue weighted by atomic mass is 35.5. The van der Waals surface area contributed by atoms with Crippen molar-refractivity contribution >= 4 is 46.5 Å². The van der Waals surface area contributed by atoms with Crippen molar-refractivity contribution < 1.29 is 43.4 Å². The Bertz CT molecular complexity index is 1470. The molecule has 7 atom stereocenters. The van der Waals surface area contributed by atoms with Gasteiger partial charge in [-0.1, -0.05) is 72.2 Å². The van der Waals surface area contributed by atoms with Gasteiger partial charge in [0.1, 0.15) is 35.8 Å². The highest BCUT2D eigenvalue weighted by Gasteiger charge is 2.37. The number of benzene rings is 2. The van der Waals surface area contributed by atoms with Crippen LogP contribution in [0.15, 0.2) is 60.7 Å². The van der Waals surface area contributed by atoms with Crippen LogP contribution in [0.25, 0.3) is 0 Å². The third kappa shape index (κ3) is 11.7. The Hall–Kier alpha value is -3.62. The molecule has 49 heavy (non-hydrogen) atoms. The molecule has 3 amide bonds. The Labute approximate surface area is 295 Å². The molecule has 0 saturated carbocycles. The Morgan fingerprint density at radius 2 is 1.78 bits per heavy atom. The molecule has 1 unspecified atom stereocenters. The van der Waals surface area contributed by atoms with E-state index in [1.54, 1.807) is 69.3 Å². The van der Waals surface area contributed by atoms with Gasteiger partial charge >= 0.3 is 5.97 Å². The number of hydrogen-bond acceptors (Lipinski definition) is 9. The van der Waals surface area contributed by atoms with E-state index in [1.807, 2.05) is 0 Å². The molecule has 2 aromatic carbocycles. The first kappa shape index (κ1) is 39.8. The van der Waals surface area contributed by atoms with Gasteiger partial charge < -0.3 is 40.2 Å². The average Bonchev–Trinajstić information content (AvgIpc) is 3.07. The number of carbonyl (C=O) groups excluding carboxylic acids is 4. The summed E-state index contributed by atoms with van der Waals surface area (Å²) in [6.45, 7) is 4.61. The van der Waals surface area contributed by atoms with Crippen molar-refractivity contribution in [3.63, 3.8) is 0 Å². The molecule has 14 heteroatoms. The molecule has 0 radical (unpaired) electrons. The minimum Gasteiger partial charge on any atom is -0.617 e. The van der Waals surface area contributed by atoms with Crippen LogP contribution in [0, 0.1) is 11.3 Å². The monoisotopic (exact) mass is 719 g/mol. The molecular formula is C35H46ClN3O9S. The van der Waals surface area contributed by atoms with Crippen LogP contribution < -0.4 is 20.7 Å². The van der Waals surface area contributed by atoms with E-state index in [1.165, 1.54) is 25.5 Å². The number of nitrogens with one attached hydrogen (secondary N) is 3. The molecule has 0 saturated heterocycles. The molecule has 0 spiro atoms. The molecule has 1 aliphatic heterocycles. The number of aliphatic hydroxyl groups excluding tert-OH is 2. The van der Waals surface area contributed by atoms with E-state index >= 15 is 0 Å².